The Labute approximate surface area is 148 Å². The third kappa shape index (κ3) is 3.90. The van der Waals surface area contributed by atoms with E-state index >= 15 is 0 Å². The molecule has 3 heterocycles. The molecule has 0 aliphatic heterocycles. The molecule has 132 valence electrons. The van der Waals surface area contributed by atoms with Crippen LogP contribution in [0.15, 0.2) is 28.1 Å². The van der Waals surface area contributed by atoms with Crippen molar-refractivity contribution in [3.8, 4) is 0 Å². The van der Waals surface area contributed by atoms with Crippen molar-refractivity contribution < 1.29 is 9.32 Å². The molecule has 0 spiro atoms. The van der Waals surface area contributed by atoms with Gasteiger partial charge >= 0.3 is 0 Å². The summed E-state index contributed by atoms with van der Waals surface area (Å²) in [5, 5.41) is 15.5. The highest BCUT2D eigenvalue weighted by Crippen LogP contribution is 2.23. The second-order valence-corrected chi connectivity index (χ2v) is 6.00. The normalized spacial score (nSPS) is 11.0. The summed E-state index contributed by atoms with van der Waals surface area (Å²) in [6.07, 6.45) is 6.11. The molecule has 0 saturated carbocycles. The molecule has 3 aromatic rings. The Balaban J connectivity index is 1.74. The number of fused-ring (bicyclic) bond motifs is 1. The molecule has 0 saturated heterocycles. The summed E-state index contributed by atoms with van der Waals surface area (Å²) >= 11 is 1.48. The van der Waals surface area contributed by atoms with Crippen molar-refractivity contribution in [2.24, 2.45) is 0 Å². The summed E-state index contributed by atoms with van der Waals surface area (Å²) in [7, 11) is 0. The van der Waals surface area contributed by atoms with Gasteiger partial charge < -0.3 is 15.2 Å². The van der Waals surface area contributed by atoms with E-state index in [0.29, 0.717) is 18.2 Å². The Morgan fingerprint density at radius 3 is 2.96 bits per heavy atom. The van der Waals surface area contributed by atoms with Crippen LogP contribution in [0.3, 0.4) is 0 Å². The van der Waals surface area contributed by atoms with E-state index in [1.54, 1.807) is 10.9 Å². The predicted molar refractivity (Wildman–Crippen MR) is 94.7 cm³/mol. The molecule has 10 heteroatoms. The van der Waals surface area contributed by atoms with Gasteiger partial charge in [0.05, 0.1) is 24.3 Å². The van der Waals surface area contributed by atoms with Gasteiger partial charge in [-0.2, -0.15) is 5.10 Å². The average molecular weight is 361 g/mol. The summed E-state index contributed by atoms with van der Waals surface area (Å²) in [5.41, 5.74) is 0.742. The van der Waals surface area contributed by atoms with Crippen molar-refractivity contribution in [3.05, 3.63) is 24.2 Å². The number of aromatic nitrogens is 5. The molecular formula is C15H19N7O2S. The van der Waals surface area contributed by atoms with Crippen LogP contribution in [0.25, 0.3) is 11.0 Å². The van der Waals surface area contributed by atoms with Gasteiger partial charge in [-0.3, -0.25) is 4.79 Å². The maximum absolute atomic E-state index is 11.9. The van der Waals surface area contributed by atoms with Gasteiger partial charge in [0.2, 0.25) is 5.76 Å². The lowest BCUT2D eigenvalue weighted by Crippen LogP contribution is -2.27. The van der Waals surface area contributed by atoms with E-state index in [1.165, 1.54) is 24.0 Å². The van der Waals surface area contributed by atoms with Crippen molar-refractivity contribution in [2.75, 3.05) is 24.7 Å². The molecule has 0 bridgehead atoms. The lowest BCUT2D eigenvalue weighted by atomic mass is 10.3. The first-order valence-electron chi connectivity index (χ1n) is 7.93. The van der Waals surface area contributed by atoms with Gasteiger partial charge in [-0.1, -0.05) is 23.8 Å². The Morgan fingerprint density at radius 1 is 1.36 bits per heavy atom. The molecule has 0 radical (unpaired) electrons. The first kappa shape index (κ1) is 17.2. The van der Waals surface area contributed by atoms with Crippen LogP contribution in [0.5, 0.6) is 0 Å². The van der Waals surface area contributed by atoms with Crippen molar-refractivity contribution in [2.45, 2.75) is 25.0 Å². The van der Waals surface area contributed by atoms with E-state index in [9.17, 15) is 4.79 Å². The van der Waals surface area contributed by atoms with Crippen LogP contribution < -0.4 is 10.6 Å². The zero-order chi connectivity index (χ0) is 17.6. The molecule has 1 amide bonds. The summed E-state index contributed by atoms with van der Waals surface area (Å²) < 4.78 is 6.58. The number of nitrogens with zero attached hydrogens (tertiary/aromatic N) is 5. The molecule has 0 aliphatic carbocycles. The Kier molecular flexibility index (Phi) is 5.49. The number of hydrogen-bond donors (Lipinski definition) is 2. The number of anilines is 1. The number of carbonyl (C=O) groups excluding carboxylic acids is 1. The SMILES string of the molecule is CCCNc1nc(SC)nc2c1cnn2CCNC(=O)c1ccno1. The molecular weight excluding hydrogens is 342 g/mol. The number of thioether (sulfide) groups is 1. The number of carbonyl (C=O) groups is 1. The van der Waals surface area contributed by atoms with Gasteiger partial charge in [0, 0.05) is 19.2 Å². The van der Waals surface area contributed by atoms with Crippen molar-refractivity contribution in [1.29, 1.82) is 0 Å². The minimum Gasteiger partial charge on any atom is -0.369 e. The second-order valence-electron chi connectivity index (χ2n) is 5.22. The lowest BCUT2D eigenvalue weighted by molar-refractivity contribution is 0.0915. The fourth-order valence-electron chi connectivity index (χ4n) is 2.26. The van der Waals surface area contributed by atoms with Gasteiger partial charge in [-0.25, -0.2) is 14.6 Å². The zero-order valence-electron chi connectivity index (χ0n) is 14.0. The summed E-state index contributed by atoms with van der Waals surface area (Å²) in [5.74, 6) is 0.662. The quantitative estimate of drug-likeness (QED) is 0.461. The first-order valence-corrected chi connectivity index (χ1v) is 9.15. The smallest absolute Gasteiger partial charge is 0.289 e. The molecule has 9 nitrogen and oxygen atoms in total. The molecule has 3 aromatic heterocycles. The Hall–Kier alpha value is -2.62. The highest BCUT2D eigenvalue weighted by molar-refractivity contribution is 7.98. The molecule has 2 N–H and O–H groups in total. The van der Waals surface area contributed by atoms with Crippen LogP contribution in [0, 0.1) is 0 Å². The highest BCUT2D eigenvalue weighted by Gasteiger charge is 2.13. The number of rotatable bonds is 8. The van der Waals surface area contributed by atoms with E-state index in [0.717, 1.165) is 29.8 Å². The largest absolute Gasteiger partial charge is 0.369 e. The molecule has 0 fully saturated rings. The highest BCUT2D eigenvalue weighted by atomic mass is 32.2. The van der Waals surface area contributed by atoms with Gasteiger partial charge in [0.15, 0.2) is 10.8 Å². The molecule has 0 aliphatic rings. The fourth-order valence-corrected chi connectivity index (χ4v) is 2.62. The number of hydrogen-bond acceptors (Lipinski definition) is 8. The van der Waals surface area contributed by atoms with Crippen LogP contribution in [0.1, 0.15) is 23.9 Å². The van der Waals surface area contributed by atoms with Crippen LogP contribution in [-0.2, 0) is 6.54 Å². The van der Waals surface area contributed by atoms with Crippen LogP contribution in [0.4, 0.5) is 5.82 Å². The average Bonchev–Trinajstić information content (AvgIpc) is 3.29. The zero-order valence-corrected chi connectivity index (χ0v) is 14.8. The first-order chi connectivity index (χ1) is 12.2. The van der Waals surface area contributed by atoms with Gasteiger partial charge in [0.1, 0.15) is 5.82 Å². The predicted octanol–water partition coefficient (Wildman–Crippen LogP) is 1.79. The summed E-state index contributed by atoms with van der Waals surface area (Å²) in [4.78, 5) is 20.9. The third-order valence-corrected chi connectivity index (χ3v) is 4.02. The van der Waals surface area contributed by atoms with E-state index in [4.69, 9.17) is 4.52 Å². The van der Waals surface area contributed by atoms with Gasteiger partial charge in [-0.15, -0.1) is 0 Å². The maximum Gasteiger partial charge on any atom is 0.289 e. The molecule has 0 unspecified atom stereocenters. The number of amides is 1. The van der Waals surface area contributed by atoms with E-state index in [2.05, 4.69) is 37.8 Å². The minimum absolute atomic E-state index is 0.184. The van der Waals surface area contributed by atoms with Gasteiger partial charge in [0.25, 0.3) is 5.91 Å². The maximum atomic E-state index is 11.9. The molecule has 25 heavy (non-hydrogen) atoms. The third-order valence-electron chi connectivity index (χ3n) is 3.47. The van der Waals surface area contributed by atoms with Crippen LogP contribution >= 0.6 is 11.8 Å². The summed E-state index contributed by atoms with van der Waals surface area (Å²) in [6, 6.07) is 1.52. The van der Waals surface area contributed by atoms with Crippen molar-refractivity contribution in [3.63, 3.8) is 0 Å². The number of nitrogens with one attached hydrogen (secondary N) is 2. The second kappa shape index (κ2) is 7.97. The van der Waals surface area contributed by atoms with E-state index in [-0.39, 0.29) is 11.7 Å². The Bertz CT molecular complexity index is 847. The van der Waals surface area contributed by atoms with Crippen molar-refractivity contribution in [1.82, 2.24) is 30.2 Å². The summed E-state index contributed by atoms with van der Waals surface area (Å²) in [6.45, 7) is 3.81. The van der Waals surface area contributed by atoms with E-state index in [1.807, 2.05) is 6.26 Å². The molecule has 0 atom stereocenters. The Morgan fingerprint density at radius 2 is 2.24 bits per heavy atom. The topological polar surface area (TPSA) is 111 Å². The van der Waals surface area contributed by atoms with Crippen molar-refractivity contribution >= 4 is 34.5 Å². The lowest BCUT2D eigenvalue weighted by Gasteiger charge is -2.08. The molecule has 0 aromatic carbocycles. The fraction of sp³-hybridized carbons (Fsp3) is 0.400. The standard InChI is InChI=1S/C15H19N7O2S/c1-3-5-16-12-10-9-18-22(13(10)21-15(20-12)25-2)8-7-17-14(23)11-4-6-19-24-11/h4,6,9H,3,5,7-8H2,1-2H3,(H,17,23)(H,16,20,21). The van der Waals surface area contributed by atoms with Crippen LogP contribution in [-0.4, -0.2) is 50.2 Å². The molecule has 3 rings (SSSR count). The monoisotopic (exact) mass is 361 g/mol. The van der Waals surface area contributed by atoms with Gasteiger partial charge in [-0.05, 0) is 12.7 Å². The van der Waals surface area contributed by atoms with Crippen LogP contribution in [0.2, 0.25) is 0 Å². The van der Waals surface area contributed by atoms with E-state index < -0.39 is 0 Å². The minimum atomic E-state index is -0.307.